The largest absolute Gasteiger partial charge is 0.333 e. The van der Waals surface area contributed by atoms with Crippen molar-refractivity contribution in [1.82, 2.24) is 15.3 Å². The van der Waals surface area contributed by atoms with E-state index in [-0.39, 0.29) is 11.6 Å². The quantitative estimate of drug-likeness (QED) is 0.885. The van der Waals surface area contributed by atoms with E-state index in [0.29, 0.717) is 5.13 Å². The van der Waals surface area contributed by atoms with Crippen LogP contribution in [0.25, 0.3) is 11.3 Å². The summed E-state index contributed by atoms with van der Waals surface area (Å²) in [6.45, 7) is 5.78. The van der Waals surface area contributed by atoms with Gasteiger partial charge in [0.1, 0.15) is 0 Å². The van der Waals surface area contributed by atoms with E-state index in [2.05, 4.69) is 20.6 Å². The third-order valence-corrected chi connectivity index (χ3v) is 2.93. The summed E-state index contributed by atoms with van der Waals surface area (Å²) in [5.41, 5.74) is 1.47. The molecule has 0 radical (unpaired) electrons. The average molecular weight is 276 g/mol. The number of thiazole rings is 1. The van der Waals surface area contributed by atoms with Crippen LogP contribution in [0, 0.1) is 0 Å². The second kappa shape index (κ2) is 5.36. The first kappa shape index (κ1) is 13.5. The van der Waals surface area contributed by atoms with E-state index in [9.17, 15) is 4.79 Å². The van der Waals surface area contributed by atoms with Crippen molar-refractivity contribution in [1.29, 1.82) is 0 Å². The number of nitrogens with one attached hydrogen (secondary N) is 2. The van der Waals surface area contributed by atoms with E-state index in [1.54, 1.807) is 12.4 Å². The lowest BCUT2D eigenvalue weighted by Gasteiger charge is -2.20. The van der Waals surface area contributed by atoms with Crippen molar-refractivity contribution in [2.24, 2.45) is 0 Å². The molecule has 0 aliphatic heterocycles. The van der Waals surface area contributed by atoms with Gasteiger partial charge in [0.2, 0.25) is 0 Å². The minimum absolute atomic E-state index is 0.250. The van der Waals surface area contributed by atoms with E-state index in [1.165, 1.54) is 11.3 Å². The average Bonchev–Trinajstić information content (AvgIpc) is 2.76. The van der Waals surface area contributed by atoms with E-state index in [0.717, 1.165) is 11.3 Å². The third-order valence-electron chi connectivity index (χ3n) is 2.17. The standard InChI is InChI=1S/C13H16N4OS/c1-13(2,3)17-11(18)16-12-15-10(8-19-12)9-5-4-6-14-7-9/h4-8H,1-3H3,(H2,15,16,17,18). The Kier molecular flexibility index (Phi) is 3.80. The molecule has 2 aromatic heterocycles. The zero-order chi connectivity index (χ0) is 13.9. The van der Waals surface area contributed by atoms with Crippen LogP contribution in [0.1, 0.15) is 20.8 Å². The highest BCUT2D eigenvalue weighted by molar-refractivity contribution is 7.14. The highest BCUT2D eigenvalue weighted by Gasteiger charge is 2.14. The van der Waals surface area contributed by atoms with E-state index in [1.807, 2.05) is 38.3 Å². The smallest absolute Gasteiger partial charge is 0.321 e. The van der Waals surface area contributed by atoms with Gasteiger partial charge < -0.3 is 5.32 Å². The Labute approximate surface area is 116 Å². The molecule has 0 bridgehead atoms. The molecule has 100 valence electrons. The van der Waals surface area contributed by atoms with Crippen molar-refractivity contribution < 1.29 is 4.79 Å². The molecule has 2 N–H and O–H groups in total. The maximum Gasteiger partial charge on any atom is 0.321 e. The van der Waals surface area contributed by atoms with Crippen LogP contribution in [-0.4, -0.2) is 21.5 Å². The van der Waals surface area contributed by atoms with Crippen molar-refractivity contribution in [3.63, 3.8) is 0 Å². The summed E-state index contributed by atoms with van der Waals surface area (Å²) in [5.74, 6) is 0. The van der Waals surface area contributed by atoms with Gasteiger partial charge in [-0.3, -0.25) is 10.3 Å². The lowest BCUT2D eigenvalue weighted by atomic mass is 10.1. The summed E-state index contributed by atoms with van der Waals surface area (Å²) in [5, 5.41) is 8.01. The first-order chi connectivity index (χ1) is 8.94. The zero-order valence-electron chi connectivity index (χ0n) is 11.1. The molecule has 2 amide bonds. The molecule has 0 aliphatic carbocycles. The minimum Gasteiger partial charge on any atom is -0.333 e. The van der Waals surface area contributed by atoms with Gasteiger partial charge >= 0.3 is 6.03 Å². The number of hydrogen-bond donors (Lipinski definition) is 2. The van der Waals surface area contributed by atoms with Crippen LogP contribution in [0.15, 0.2) is 29.9 Å². The van der Waals surface area contributed by atoms with Crippen LogP contribution in [0.5, 0.6) is 0 Å². The molecule has 0 aromatic carbocycles. The molecule has 2 aromatic rings. The monoisotopic (exact) mass is 276 g/mol. The molecule has 0 saturated heterocycles. The number of hydrogen-bond acceptors (Lipinski definition) is 4. The molecule has 0 unspecified atom stereocenters. The summed E-state index contributed by atoms with van der Waals surface area (Å²) in [6, 6.07) is 3.54. The molecule has 0 spiro atoms. The number of anilines is 1. The number of amides is 2. The van der Waals surface area contributed by atoms with Gasteiger partial charge in [-0.2, -0.15) is 0 Å². The van der Waals surface area contributed by atoms with Crippen molar-refractivity contribution in [2.75, 3.05) is 5.32 Å². The van der Waals surface area contributed by atoms with E-state index >= 15 is 0 Å². The Bertz CT molecular complexity index is 560. The van der Waals surface area contributed by atoms with Crippen LogP contribution in [0.4, 0.5) is 9.93 Å². The minimum atomic E-state index is -0.270. The summed E-state index contributed by atoms with van der Waals surface area (Å²) in [6.07, 6.45) is 3.46. The Morgan fingerprint density at radius 3 is 2.79 bits per heavy atom. The Hall–Kier alpha value is -1.95. The third kappa shape index (κ3) is 4.03. The number of pyridine rings is 1. The number of nitrogens with zero attached hydrogens (tertiary/aromatic N) is 2. The molecule has 0 aliphatic rings. The summed E-state index contributed by atoms with van der Waals surface area (Å²) >= 11 is 1.39. The van der Waals surface area contributed by atoms with Gasteiger partial charge in [-0.05, 0) is 32.9 Å². The van der Waals surface area contributed by atoms with E-state index < -0.39 is 0 Å². The van der Waals surface area contributed by atoms with Crippen LogP contribution in [-0.2, 0) is 0 Å². The number of carbonyl (C=O) groups is 1. The van der Waals surface area contributed by atoms with Gasteiger partial charge in [0.05, 0.1) is 5.69 Å². The summed E-state index contributed by atoms with van der Waals surface area (Å²) < 4.78 is 0. The predicted molar refractivity (Wildman–Crippen MR) is 77.3 cm³/mol. The molecule has 0 atom stereocenters. The normalized spacial score (nSPS) is 11.1. The molecule has 6 heteroatoms. The highest BCUT2D eigenvalue weighted by atomic mass is 32.1. The molecular weight excluding hydrogens is 260 g/mol. The number of rotatable bonds is 2. The fourth-order valence-electron chi connectivity index (χ4n) is 1.45. The number of aromatic nitrogens is 2. The Morgan fingerprint density at radius 1 is 1.37 bits per heavy atom. The lowest BCUT2D eigenvalue weighted by Crippen LogP contribution is -2.43. The second-order valence-electron chi connectivity index (χ2n) is 5.11. The molecule has 2 rings (SSSR count). The molecule has 0 fully saturated rings. The van der Waals surface area contributed by atoms with Crippen LogP contribution < -0.4 is 10.6 Å². The summed E-state index contributed by atoms with van der Waals surface area (Å²) in [4.78, 5) is 20.1. The molecule has 19 heavy (non-hydrogen) atoms. The van der Waals surface area contributed by atoms with Crippen LogP contribution in [0.3, 0.4) is 0 Å². The summed E-state index contributed by atoms with van der Waals surface area (Å²) in [7, 11) is 0. The van der Waals surface area contributed by atoms with Crippen molar-refractivity contribution in [3.05, 3.63) is 29.9 Å². The van der Waals surface area contributed by atoms with Crippen molar-refractivity contribution in [2.45, 2.75) is 26.3 Å². The highest BCUT2D eigenvalue weighted by Crippen LogP contribution is 2.23. The fraction of sp³-hybridized carbons (Fsp3) is 0.308. The zero-order valence-corrected chi connectivity index (χ0v) is 11.9. The first-order valence-electron chi connectivity index (χ1n) is 5.89. The molecule has 2 heterocycles. The van der Waals surface area contributed by atoms with Gasteiger partial charge in [0.25, 0.3) is 0 Å². The lowest BCUT2D eigenvalue weighted by molar-refractivity contribution is 0.244. The SMILES string of the molecule is CC(C)(C)NC(=O)Nc1nc(-c2cccnc2)cs1. The van der Waals surface area contributed by atoms with Gasteiger partial charge in [-0.15, -0.1) is 11.3 Å². The van der Waals surface area contributed by atoms with Crippen LogP contribution >= 0.6 is 11.3 Å². The van der Waals surface area contributed by atoms with Gasteiger partial charge in [-0.1, -0.05) is 0 Å². The fourth-order valence-corrected chi connectivity index (χ4v) is 2.16. The van der Waals surface area contributed by atoms with Crippen molar-refractivity contribution >= 4 is 22.5 Å². The van der Waals surface area contributed by atoms with E-state index in [4.69, 9.17) is 0 Å². The number of urea groups is 1. The van der Waals surface area contributed by atoms with Crippen molar-refractivity contribution in [3.8, 4) is 11.3 Å². The topological polar surface area (TPSA) is 66.9 Å². The van der Waals surface area contributed by atoms with Gasteiger partial charge in [0.15, 0.2) is 5.13 Å². The maximum atomic E-state index is 11.7. The molecule has 0 saturated carbocycles. The second-order valence-corrected chi connectivity index (χ2v) is 5.97. The first-order valence-corrected chi connectivity index (χ1v) is 6.77. The molecular formula is C13H16N4OS. The Balaban J connectivity index is 2.04. The van der Waals surface area contributed by atoms with Gasteiger partial charge in [0, 0.05) is 28.9 Å². The maximum absolute atomic E-state index is 11.7. The van der Waals surface area contributed by atoms with Crippen LogP contribution in [0.2, 0.25) is 0 Å². The predicted octanol–water partition coefficient (Wildman–Crippen LogP) is 3.13. The van der Waals surface area contributed by atoms with Gasteiger partial charge in [-0.25, -0.2) is 9.78 Å². The molecule has 5 nitrogen and oxygen atoms in total. The Morgan fingerprint density at radius 2 is 2.16 bits per heavy atom. The number of carbonyl (C=O) groups excluding carboxylic acids is 1.